The van der Waals surface area contributed by atoms with Gasteiger partial charge in [-0.15, -0.1) is 0 Å². The van der Waals surface area contributed by atoms with E-state index in [1.54, 1.807) is 43.0 Å². The molecule has 10 heteroatoms. The SMILES string of the molecule is CC(C)(O)CN1CCN(C(=O)Nc2cccc(COCC(F)(F)C(F)F)c2)CC1. The van der Waals surface area contributed by atoms with Crippen molar-refractivity contribution in [2.45, 2.75) is 38.4 Å². The lowest BCUT2D eigenvalue weighted by Crippen LogP contribution is -2.52. The van der Waals surface area contributed by atoms with E-state index in [9.17, 15) is 27.5 Å². The highest BCUT2D eigenvalue weighted by atomic mass is 19.3. The average molecular weight is 421 g/mol. The Bertz CT molecular complexity index is 675. The number of anilines is 1. The fourth-order valence-corrected chi connectivity index (χ4v) is 2.97. The number of carbonyl (C=O) groups is 1. The monoisotopic (exact) mass is 421 g/mol. The number of nitrogens with zero attached hydrogens (tertiary/aromatic N) is 2. The minimum absolute atomic E-state index is 0.276. The Kier molecular flexibility index (Phi) is 7.84. The molecule has 0 aliphatic carbocycles. The summed E-state index contributed by atoms with van der Waals surface area (Å²) < 4.78 is 54.7. The molecule has 1 aliphatic rings. The summed E-state index contributed by atoms with van der Waals surface area (Å²) in [6.45, 7) is 4.63. The molecule has 1 aromatic rings. The van der Waals surface area contributed by atoms with E-state index in [-0.39, 0.29) is 12.6 Å². The molecule has 0 bridgehead atoms. The molecule has 0 spiro atoms. The first-order valence-corrected chi connectivity index (χ1v) is 9.29. The number of nitrogens with one attached hydrogen (secondary N) is 1. The third-order valence-corrected chi connectivity index (χ3v) is 4.33. The standard InChI is InChI=1S/C19H27F4N3O3/c1-18(2,28)12-25-6-8-26(9-7-25)17(27)24-15-5-3-4-14(10-15)11-29-13-19(22,23)16(20)21/h3-5,10,16,28H,6-9,11-13H2,1-2H3,(H,24,27). The van der Waals surface area contributed by atoms with E-state index < -0.39 is 24.6 Å². The van der Waals surface area contributed by atoms with Gasteiger partial charge in [0, 0.05) is 38.4 Å². The number of benzene rings is 1. The molecule has 29 heavy (non-hydrogen) atoms. The van der Waals surface area contributed by atoms with Gasteiger partial charge in [-0.2, -0.15) is 8.78 Å². The summed E-state index contributed by atoms with van der Waals surface area (Å²) in [5, 5.41) is 12.6. The first kappa shape index (κ1) is 23.4. The van der Waals surface area contributed by atoms with Crippen LogP contribution < -0.4 is 5.32 Å². The highest BCUT2D eigenvalue weighted by Crippen LogP contribution is 2.23. The van der Waals surface area contributed by atoms with Crippen LogP contribution in [0.3, 0.4) is 0 Å². The molecular formula is C19H27F4N3O3. The van der Waals surface area contributed by atoms with E-state index in [0.29, 0.717) is 44.0 Å². The van der Waals surface area contributed by atoms with Gasteiger partial charge in [-0.1, -0.05) is 12.1 Å². The van der Waals surface area contributed by atoms with Crippen LogP contribution in [0.15, 0.2) is 24.3 Å². The molecule has 0 atom stereocenters. The van der Waals surface area contributed by atoms with E-state index in [1.165, 1.54) is 0 Å². The fourth-order valence-electron chi connectivity index (χ4n) is 2.97. The van der Waals surface area contributed by atoms with Crippen LogP contribution in [0.2, 0.25) is 0 Å². The summed E-state index contributed by atoms with van der Waals surface area (Å²) in [7, 11) is 0. The lowest BCUT2D eigenvalue weighted by Gasteiger charge is -2.37. The number of rotatable bonds is 8. The number of hydrogen-bond acceptors (Lipinski definition) is 4. The van der Waals surface area contributed by atoms with Crippen LogP contribution in [-0.4, -0.2) is 78.2 Å². The third-order valence-electron chi connectivity index (χ3n) is 4.33. The van der Waals surface area contributed by atoms with Crippen molar-refractivity contribution >= 4 is 11.7 Å². The molecule has 0 aromatic heterocycles. The molecule has 0 saturated carbocycles. The van der Waals surface area contributed by atoms with Crippen molar-refractivity contribution in [2.24, 2.45) is 0 Å². The Balaban J connectivity index is 1.82. The minimum Gasteiger partial charge on any atom is -0.389 e. The molecule has 6 nitrogen and oxygen atoms in total. The zero-order valence-electron chi connectivity index (χ0n) is 16.5. The molecule has 164 valence electrons. The van der Waals surface area contributed by atoms with Crippen molar-refractivity contribution in [2.75, 3.05) is 44.6 Å². The number of urea groups is 1. The van der Waals surface area contributed by atoms with E-state index in [0.717, 1.165) is 0 Å². The second-order valence-corrected chi connectivity index (χ2v) is 7.76. The van der Waals surface area contributed by atoms with E-state index in [1.807, 2.05) is 0 Å². The highest BCUT2D eigenvalue weighted by molar-refractivity contribution is 5.89. The first-order chi connectivity index (χ1) is 13.5. The smallest absolute Gasteiger partial charge is 0.330 e. The number of carbonyl (C=O) groups excluding carboxylic acids is 1. The molecule has 2 amide bonds. The Morgan fingerprint density at radius 1 is 1.24 bits per heavy atom. The predicted molar refractivity (Wildman–Crippen MR) is 100 cm³/mol. The highest BCUT2D eigenvalue weighted by Gasteiger charge is 2.40. The van der Waals surface area contributed by atoms with Crippen LogP contribution in [0, 0.1) is 0 Å². The van der Waals surface area contributed by atoms with Gasteiger partial charge in [0.2, 0.25) is 0 Å². The Hall–Kier alpha value is -1.91. The van der Waals surface area contributed by atoms with Crippen LogP contribution in [-0.2, 0) is 11.3 Å². The van der Waals surface area contributed by atoms with Crippen LogP contribution >= 0.6 is 0 Å². The van der Waals surface area contributed by atoms with E-state index in [2.05, 4.69) is 10.2 Å². The number of aliphatic hydroxyl groups is 1. The van der Waals surface area contributed by atoms with Gasteiger partial charge in [0.25, 0.3) is 0 Å². The summed E-state index contributed by atoms with van der Waals surface area (Å²) in [5.74, 6) is -4.20. The van der Waals surface area contributed by atoms with Gasteiger partial charge in [-0.05, 0) is 31.5 Å². The number of hydrogen-bond donors (Lipinski definition) is 2. The molecule has 1 heterocycles. The van der Waals surface area contributed by atoms with Crippen molar-refractivity contribution < 1.29 is 32.2 Å². The molecule has 2 N–H and O–H groups in total. The Morgan fingerprint density at radius 3 is 2.48 bits per heavy atom. The van der Waals surface area contributed by atoms with Gasteiger partial charge in [-0.3, -0.25) is 4.90 Å². The van der Waals surface area contributed by atoms with Crippen molar-refractivity contribution in [1.82, 2.24) is 9.80 Å². The number of β-amino-alcohol motifs (C(OH)–C–C–N with tert-alkyl or cyclic N) is 1. The van der Waals surface area contributed by atoms with Crippen LogP contribution in [0.5, 0.6) is 0 Å². The minimum atomic E-state index is -4.20. The summed E-state index contributed by atoms with van der Waals surface area (Å²) in [4.78, 5) is 16.2. The number of alkyl halides is 4. The zero-order valence-corrected chi connectivity index (χ0v) is 16.5. The first-order valence-electron chi connectivity index (χ1n) is 9.29. The predicted octanol–water partition coefficient (Wildman–Crippen LogP) is 3.02. The second kappa shape index (κ2) is 9.73. The van der Waals surface area contributed by atoms with Gasteiger partial charge < -0.3 is 20.1 Å². The number of amides is 2. The van der Waals surface area contributed by atoms with Crippen LogP contribution in [0.1, 0.15) is 19.4 Å². The largest absolute Gasteiger partial charge is 0.389 e. The lowest BCUT2D eigenvalue weighted by atomic mass is 10.1. The average Bonchev–Trinajstić information content (AvgIpc) is 2.61. The number of ether oxygens (including phenoxy) is 1. The topological polar surface area (TPSA) is 65.0 Å². The number of piperazine rings is 1. The molecule has 1 aromatic carbocycles. The van der Waals surface area contributed by atoms with Crippen molar-refractivity contribution in [3.63, 3.8) is 0 Å². The lowest BCUT2D eigenvalue weighted by molar-refractivity contribution is -0.168. The maximum atomic E-state index is 12.9. The second-order valence-electron chi connectivity index (χ2n) is 7.76. The molecule has 0 radical (unpaired) electrons. The van der Waals surface area contributed by atoms with Crippen molar-refractivity contribution in [3.05, 3.63) is 29.8 Å². The Morgan fingerprint density at radius 2 is 1.90 bits per heavy atom. The molecular weight excluding hydrogens is 394 g/mol. The normalized spacial score (nSPS) is 16.3. The third kappa shape index (κ3) is 7.79. The summed E-state index contributed by atoms with van der Waals surface area (Å²) in [6, 6.07) is 6.09. The van der Waals surface area contributed by atoms with Gasteiger partial charge >= 0.3 is 18.4 Å². The molecule has 1 aliphatic heterocycles. The Labute approximate surface area is 167 Å². The fraction of sp³-hybridized carbons (Fsp3) is 0.632. The van der Waals surface area contributed by atoms with Crippen molar-refractivity contribution in [3.8, 4) is 0 Å². The van der Waals surface area contributed by atoms with Crippen molar-refractivity contribution in [1.29, 1.82) is 0 Å². The van der Waals surface area contributed by atoms with Gasteiger partial charge in [0.05, 0.1) is 12.2 Å². The molecule has 2 rings (SSSR count). The van der Waals surface area contributed by atoms with Gasteiger partial charge in [-0.25, -0.2) is 13.6 Å². The van der Waals surface area contributed by atoms with Crippen LogP contribution in [0.4, 0.5) is 28.0 Å². The van der Waals surface area contributed by atoms with Gasteiger partial charge in [0.15, 0.2) is 0 Å². The zero-order chi connectivity index (χ0) is 21.7. The molecule has 1 fully saturated rings. The van der Waals surface area contributed by atoms with Gasteiger partial charge in [0.1, 0.15) is 6.61 Å². The molecule has 0 unspecified atom stereocenters. The summed E-state index contributed by atoms with van der Waals surface area (Å²) in [6.07, 6.45) is -3.78. The maximum Gasteiger partial charge on any atom is 0.330 e. The summed E-state index contributed by atoms with van der Waals surface area (Å²) in [5.41, 5.74) is 0.130. The van der Waals surface area contributed by atoms with E-state index in [4.69, 9.17) is 4.74 Å². The molecule has 1 saturated heterocycles. The van der Waals surface area contributed by atoms with E-state index >= 15 is 0 Å². The maximum absolute atomic E-state index is 12.9. The summed E-state index contributed by atoms with van der Waals surface area (Å²) >= 11 is 0. The number of halogens is 4. The van der Waals surface area contributed by atoms with Crippen LogP contribution in [0.25, 0.3) is 0 Å². The quantitative estimate of drug-likeness (QED) is 0.634.